The van der Waals surface area contributed by atoms with E-state index in [1.807, 2.05) is 12.1 Å². The van der Waals surface area contributed by atoms with Gasteiger partial charge in [0.05, 0.1) is 0 Å². The number of hydrogen-bond donors (Lipinski definition) is 0. The zero-order chi connectivity index (χ0) is 8.23. The minimum absolute atomic E-state index is 0. The van der Waals surface area contributed by atoms with Crippen LogP contribution in [0.5, 0.6) is 0 Å². The average Bonchev–Trinajstić information content (AvgIpc) is 2.21. The van der Waals surface area contributed by atoms with Crippen LogP contribution in [0, 0.1) is 14.9 Å². The second-order valence-electron chi connectivity index (χ2n) is 2.73. The third-order valence-corrected chi connectivity index (χ3v) is 1.88. The largest absolute Gasteiger partial charge is 2.00 e. The summed E-state index contributed by atoms with van der Waals surface area (Å²) in [6.07, 6.45) is 0. The van der Waals surface area contributed by atoms with E-state index in [9.17, 15) is 0 Å². The third-order valence-electron chi connectivity index (χ3n) is 1.88. The summed E-state index contributed by atoms with van der Waals surface area (Å²) in [4.78, 5) is 0. The van der Waals surface area contributed by atoms with Crippen LogP contribution >= 0.6 is 9.90 Å². The molecule has 0 heterocycles. The molecule has 0 saturated carbocycles. The Labute approximate surface area is 114 Å². The van der Waals surface area contributed by atoms with Gasteiger partial charge in [-0.1, -0.05) is 60.7 Å². The summed E-state index contributed by atoms with van der Waals surface area (Å²) in [7, 11) is 0. The quantitative estimate of drug-likeness (QED) is 0.413. The molecule has 0 radical (unpaired) electrons. The van der Waals surface area contributed by atoms with Crippen LogP contribution in [-0.2, 0) is 17.1 Å². The van der Waals surface area contributed by atoms with E-state index in [4.69, 9.17) is 0 Å². The van der Waals surface area contributed by atoms with Gasteiger partial charge in [0.1, 0.15) is 0 Å². The maximum atomic E-state index is 2.12. The molecule has 2 aromatic carbocycles. The van der Waals surface area contributed by atoms with Crippen LogP contribution < -0.4 is 0 Å². The van der Waals surface area contributed by atoms with Gasteiger partial charge in [0.25, 0.3) is 0 Å². The second kappa shape index (κ2) is 10.9. The summed E-state index contributed by atoms with van der Waals surface area (Å²) in [5.41, 5.74) is 2.55. The molecule has 16 heavy (non-hydrogen) atoms. The molecule has 1 unspecified atom stereocenters. The summed E-state index contributed by atoms with van der Waals surface area (Å²) in [5.74, 6) is 0. The molecular weight excluding hydrogens is 255 g/mol. The van der Waals surface area contributed by atoms with Gasteiger partial charge in [0, 0.05) is 0 Å². The molecule has 0 aliphatic rings. The van der Waals surface area contributed by atoms with E-state index in [-0.39, 0.29) is 41.8 Å². The van der Waals surface area contributed by atoms with Gasteiger partial charge in [-0.25, -0.2) is 0 Å². The topological polar surface area (TPSA) is 0 Å². The van der Waals surface area contributed by atoms with Crippen molar-refractivity contribution in [3.8, 4) is 11.1 Å². The van der Waals surface area contributed by atoms with Crippen LogP contribution in [0.1, 0.15) is 0 Å². The zero-order valence-electron chi connectivity index (χ0n) is 9.83. The SMILES string of the molecule is P.[CH3-].[CH3-].[Fe+2].c1ccc(-c2ccccc2)cc1. The molecule has 0 amide bonds. The Balaban J connectivity index is -0.000000422. The van der Waals surface area contributed by atoms with Crippen LogP contribution in [0.4, 0.5) is 0 Å². The normalized spacial score (nSPS) is 7.25. The summed E-state index contributed by atoms with van der Waals surface area (Å²) in [6, 6.07) is 20.8. The van der Waals surface area contributed by atoms with Gasteiger partial charge in [0.15, 0.2) is 0 Å². The van der Waals surface area contributed by atoms with Crippen molar-refractivity contribution < 1.29 is 17.1 Å². The van der Waals surface area contributed by atoms with E-state index in [1.54, 1.807) is 0 Å². The molecule has 2 rings (SSSR count). The van der Waals surface area contributed by atoms with Gasteiger partial charge in [0.2, 0.25) is 0 Å². The summed E-state index contributed by atoms with van der Waals surface area (Å²) >= 11 is 0. The number of benzene rings is 2. The molecule has 0 aliphatic heterocycles. The van der Waals surface area contributed by atoms with Gasteiger partial charge >= 0.3 is 17.1 Å². The minimum Gasteiger partial charge on any atom is -0.358 e. The summed E-state index contributed by atoms with van der Waals surface area (Å²) in [6.45, 7) is 0. The zero-order valence-corrected chi connectivity index (χ0v) is 12.4. The van der Waals surface area contributed by atoms with E-state index in [2.05, 4.69) is 48.5 Å². The Morgan fingerprint density at radius 2 is 0.750 bits per heavy atom. The first-order valence-corrected chi connectivity index (χ1v) is 4.07. The monoisotopic (exact) mass is 274 g/mol. The molecule has 0 aromatic heterocycles. The molecule has 0 nitrogen and oxygen atoms in total. The Kier molecular flexibility index (Phi) is 14.1. The Morgan fingerprint density at radius 1 is 0.500 bits per heavy atom. The smallest absolute Gasteiger partial charge is 0.358 e. The molecule has 1 atom stereocenters. The second-order valence-corrected chi connectivity index (χ2v) is 2.73. The molecule has 0 bridgehead atoms. The van der Waals surface area contributed by atoms with Crippen molar-refractivity contribution in [1.29, 1.82) is 0 Å². The standard InChI is InChI=1S/C12H10.2CH3.Fe.H3P/c1-3-7-11(8-4-1)12-9-5-2-6-10-12;;;;/h1-10H;2*1H3;;1H3/q;2*-1;+2;. The maximum absolute atomic E-state index is 2.12. The van der Waals surface area contributed by atoms with Crippen LogP contribution in [0.25, 0.3) is 11.1 Å². The Bertz CT molecular complexity index is 308. The number of hydrogen-bond acceptors (Lipinski definition) is 0. The van der Waals surface area contributed by atoms with Gasteiger partial charge in [-0.15, -0.1) is 0 Å². The predicted molar refractivity (Wildman–Crippen MR) is 75.8 cm³/mol. The maximum Gasteiger partial charge on any atom is 2.00 e. The fourth-order valence-electron chi connectivity index (χ4n) is 1.26. The molecule has 0 aliphatic carbocycles. The Hall–Kier alpha value is -0.611. The van der Waals surface area contributed by atoms with Crippen LogP contribution in [0.2, 0.25) is 0 Å². The van der Waals surface area contributed by atoms with E-state index in [0.717, 1.165) is 0 Å². The fourth-order valence-corrected chi connectivity index (χ4v) is 1.26. The first-order valence-electron chi connectivity index (χ1n) is 4.07. The summed E-state index contributed by atoms with van der Waals surface area (Å²) in [5, 5.41) is 0. The molecule has 0 fully saturated rings. The first kappa shape index (κ1) is 20.8. The van der Waals surface area contributed by atoms with Crippen molar-refractivity contribution in [1.82, 2.24) is 0 Å². The van der Waals surface area contributed by atoms with E-state index >= 15 is 0 Å². The molecule has 0 spiro atoms. The van der Waals surface area contributed by atoms with Crippen molar-refractivity contribution in [3.05, 3.63) is 75.5 Å². The number of rotatable bonds is 1. The molecular formula is C14H19FeP. The van der Waals surface area contributed by atoms with Crippen molar-refractivity contribution in [2.24, 2.45) is 0 Å². The molecule has 2 aromatic rings. The van der Waals surface area contributed by atoms with Crippen molar-refractivity contribution in [3.63, 3.8) is 0 Å². The van der Waals surface area contributed by atoms with E-state index in [0.29, 0.717) is 0 Å². The van der Waals surface area contributed by atoms with Crippen molar-refractivity contribution in [2.45, 2.75) is 0 Å². The Morgan fingerprint density at radius 3 is 1.00 bits per heavy atom. The van der Waals surface area contributed by atoms with E-state index in [1.165, 1.54) is 11.1 Å². The molecule has 0 saturated heterocycles. The van der Waals surface area contributed by atoms with Crippen LogP contribution in [0.3, 0.4) is 0 Å². The fraction of sp³-hybridized carbons (Fsp3) is 0. The summed E-state index contributed by atoms with van der Waals surface area (Å²) < 4.78 is 0. The minimum atomic E-state index is 0. The van der Waals surface area contributed by atoms with Crippen LogP contribution in [-0.4, -0.2) is 0 Å². The van der Waals surface area contributed by atoms with Gasteiger partial charge < -0.3 is 14.9 Å². The molecule has 88 valence electrons. The van der Waals surface area contributed by atoms with E-state index < -0.39 is 0 Å². The van der Waals surface area contributed by atoms with Gasteiger partial charge in [-0.05, 0) is 11.1 Å². The average molecular weight is 274 g/mol. The van der Waals surface area contributed by atoms with Crippen molar-refractivity contribution in [2.75, 3.05) is 0 Å². The molecule has 0 N–H and O–H groups in total. The first-order chi connectivity index (χ1) is 5.97. The predicted octanol–water partition coefficient (Wildman–Crippen LogP) is 4.31. The van der Waals surface area contributed by atoms with Gasteiger partial charge in [-0.2, -0.15) is 9.90 Å². The molecule has 2 heteroatoms. The third kappa shape index (κ3) is 5.47. The van der Waals surface area contributed by atoms with Crippen molar-refractivity contribution >= 4 is 9.90 Å². The van der Waals surface area contributed by atoms with Gasteiger partial charge in [-0.3, -0.25) is 0 Å². The van der Waals surface area contributed by atoms with Crippen LogP contribution in [0.15, 0.2) is 60.7 Å².